The van der Waals surface area contributed by atoms with Crippen LogP contribution in [0.15, 0.2) is 0 Å². The number of rotatable bonds is 8. The summed E-state index contributed by atoms with van der Waals surface area (Å²) < 4.78 is 0. The summed E-state index contributed by atoms with van der Waals surface area (Å²) in [5.74, 6) is 8.45. The van der Waals surface area contributed by atoms with Crippen molar-refractivity contribution in [2.45, 2.75) is 84.6 Å². The quantitative estimate of drug-likeness (QED) is 0.502. The fourth-order valence-corrected chi connectivity index (χ4v) is 3.93. The number of nitrogens with one attached hydrogen (secondary N) is 1. The molecule has 2 nitrogen and oxygen atoms in total. The lowest BCUT2D eigenvalue weighted by Crippen LogP contribution is -2.47. The van der Waals surface area contributed by atoms with Gasteiger partial charge in [0, 0.05) is 6.04 Å². The van der Waals surface area contributed by atoms with Crippen molar-refractivity contribution in [2.75, 3.05) is 0 Å². The molecule has 0 aromatic rings. The first-order chi connectivity index (χ1) is 8.76. The second kappa shape index (κ2) is 8.92. The summed E-state index contributed by atoms with van der Waals surface area (Å²) in [5, 5.41) is 0. The maximum Gasteiger partial charge on any atom is 0.0267 e. The predicted molar refractivity (Wildman–Crippen MR) is 80.2 cm³/mol. The van der Waals surface area contributed by atoms with Crippen molar-refractivity contribution < 1.29 is 0 Å². The molecular weight excluding hydrogens is 220 g/mol. The summed E-state index contributed by atoms with van der Waals surface area (Å²) in [6.07, 6.45) is 12.2. The number of hydrazine groups is 1. The van der Waals surface area contributed by atoms with E-state index in [1.165, 1.54) is 57.8 Å². The van der Waals surface area contributed by atoms with Gasteiger partial charge in [-0.25, -0.2) is 0 Å². The van der Waals surface area contributed by atoms with Crippen LogP contribution in [0.2, 0.25) is 0 Å². The second-order valence-electron chi connectivity index (χ2n) is 6.23. The van der Waals surface area contributed by atoms with E-state index in [9.17, 15) is 0 Å². The SMILES string of the molecule is CCCC(CCC)C(NN)C1CCCC(CC)C1. The van der Waals surface area contributed by atoms with Crippen LogP contribution in [0.25, 0.3) is 0 Å². The summed E-state index contributed by atoms with van der Waals surface area (Å²) >= 11 is 0. The molecule has 0 aliphatic heterocycles. The summed E-state index contributed by atoms with van der Waals surface area (Å²) in [6, 6.07) is 0.555. The Morgan fingerprint density at radius 3 is 2.28 bits per heavy atom. The molecule has 108 valence electrons. The van der Waals surface area contributed by atoms with Crippen molar-refractivity contribution in [2.24, 2.45) is 23.6 Å². The molecule has 3 atom stereocenters. The van der Waals surface area contributed by atoms with Crippen LogP contribution in [0, 0.1) is 17.8 Å². The van der Waals surface area contributed by atoms with Gasteiger partial charge in [-0.3, -0.25) is 11.3 Å². The molecule has 0 aromatic carbocycles. The fraction of sp³-hybridized carbons (Fsp3) is 1.00. The summed E-state index contributed by atoms with van der Waals surface area (Å²) in [4.78, 5) is 0. The summed E-state index contributed by atoms with van der Waals surface area (Å²) in [5.41, 5.74) is 3.19. The Bertz CT molecular complexity index is 199. The van der Waals surface area contributed by atoms with E-state index in [0.717, 1.165) is 17.8 Å². The van der Waals surface area contributed by atoms with Gasteiger partial charge in [-0.2, -0.15) is 0 Å². The van der Waals surface area contributed by atoms with Crippen molar-refractivity contribution in [3.63, 3.8) is 0 Å². The smallest absolute Gasteiger partial charge is 0.0267 e. The Balaban J connectivity index is 2.60. The summed E-state index contributed by atoms with van der Waals surface area (Å²) in [6.45, 7) is 6.94. The van der Waals surface area contributed by atoms with Gasteiger partial charge in [0.05, 0.1) is 0 Å². The molecule has 3 N–H and O–H groups in total. The Morgan fingerprint density at radius 1 is 1.11 bits per heavy atom. The van der Waals surface area contributed by atoms with E-state index in [1.54, 1.807) is 0 Å². The molecule has 0 radical (unpaired) electrons. The molecule has 3 unspecified atom stereocenters. The zero-order valence-electron chi connectivity index (χ0n) is 12.8. The van der Waals surface area contributed by atoms with Gasteiger partial charge in [-0.05, 0) is 43.4 Å². The second-order valence-corrected chi connectivity index (χ2v) is 6.23. The van der Waals surface area contributed by atoms with Crippen LogP contribution in [0.3, 0.4) is 0 Å². The van der Waals surface area contributed by atoms with Crippen molar-refractivity contribution in [3.05, 3.63) is 0 Å². The van der Waals surface area contributed by atoms with E-state index in [4.69, 9.17) is 5.84 Å². The molecule has 0 spiro atoms. The standard InChI is InChI=1S/C16H34N2/c1-4-8-14(9-5-2)16(18-17)15-11-7-10-13(6-3)12-15/h13-16,18H,4-12,17H2,1-3H3. The van der Waals surface area contributed by atoms with Crippen LogP contribution in [0.5, 0.6) is 0 Å². The van der Waals surface area contributed by atoms with E-state index < -0.39 is 0 Å². The topological polar surface area (TPSA) is 38.0 Å². The lowest BCUT2D eigenvalue weighted by molar-refractivity contribution is 0.156. The maximum atomic E-state index is 5.90. The minimum atomic E-state index is 0.555. The van der Waals surface area contributed by atoms with Crippen LogP contribution < -0.4 is 11.3 Å². The Hall–Kier alpha value is -0.0800. The molecule has 1 saturated carbocycles. The normalized spacial score (nSPS) is 26.5. The minimum absolute atomic E-state index is 0.555. The van der Waals surface area contributed by atoms with Crippen molar-refractivity contribution in [1.29, 1.82) is 0 Å². The van der Waals surface area contributed by atoms with E-state index in [2.05, 4.69) is 26.2 Å². The average molecular weight is 254 g/mol. The molecule has 1 aliphatic rings. The van der Waals surface area contributed by atoms with Gasteiger partial charge in [0.1, 0.15) is 0 Å². The minimum Gasteiger partial charge on any atom is -0.271 e. The molecule has 0 amide bonds. The van der Waals surface area contributed by atoms with Gasteiger partial charge in [-0.15, -0.1) is 0 Å². The molecule has 0 bridgehead atoms. The molecule has 2 heteroatoms. The third-order valence-corrected chi connectivity index (χ3v) is 4.93. The number of hydrogen-bond donors (Lipinski definition) is 2. The average Bonchev–Trinajstić information content (AvgIpc) is 2.40. The monoisotopic (exact) mass is 254 g/mol. The van der Waals surface area contributed by atoms with Gasteiger partial charge in [0.25, 0.3) is 0 Å². The molecule has 18 heavy (non-hydrogen) atoms. The van der Waals surface area contributed by atoms with Gasteiger partial charge >= 0.3 is 0 Å². The first kappa shape index (κ1) is 16.0. The van der Waals surface area contributed by atoms with Crippen molar-refractivity contribution in [1.82, 2.24) is 5.43 Å². The Morgan fingerprint density at radius 2 is 1.78 bits per heavy atom. The molecule has 0 saturated heterocycles. The zero-order chi connectivity index (χ0) is 13.4. The number of nitrogens with two attached hydrogens (primary N) is 1. The lowest BCUT2D eigenvalue weighted by Gasteiger charge is -2.38. The number of hydrogen-bond acceptors (Lipinski definition) is 2. The van der Waals surface area contributed by atoms with Crippen LogP contribution in [0.4, 0.5) is 0 Å². The Kier molecular flexibility index (Phi) is 7.92. The molecule has 1 fully saturated rings. The fourth-order valence-electron chi connectivity index (χ4n) is 3.93. The predicted octanol–water partition coefficient (Wildman–Crippen LogP) is 4.25. The Labute approximate surface area is 114 Å². The molecular formula is C16H34N2. The molecule has 0 aromatic heterocycles. The lowest BCUT2D eigenvalue weighted by atomic mass is 9.72. The van der Waals surface area contributed by atoms with E-state index in [1.807, 2.05) is 0 Å². The zero-order valence-corrected chi connectivity index (χ0v) is 12.8. The molecule has 0 heterocycles. The highest BCUT2D eigenvalue weighted by molar-refractivity contribution is 4.85. The first-order valence-corrected chi connectivity index (χ1v) is 8.22. The molecule has 1 rings (SSSR count). The summed E-state index contributed by atoms with van der Waals surface area (Å²) in [7, 11) is 0. The van der Waals surface area contributed by atoms with Crippen LogP contribution >= 0.6 is 0 Å². The highest BCUT2D eigenvalue weighted by Crippen LogP contribution is 2.36. The van der Waals surface area contributed by atoms with Gasteiger partial charge in [-0.1, -0.05) is 52.9 Å². The van der Waals surface area contributed by atoms with Crippen molar-refractivity contribution in [3.8, 4) is 0 Å². The van der Waals surface area contributed by atoms with E-state index in [0.29, 0.717) is 6.04 Å². The third kappa shape index (κ3) is 4.55. The maximum absolute atomic E-state index is 5.90. The van der Waals surface area contributed by atoms with Gasteiger partial charge in [0.2, 0.25) is 0 Å². The van der Waals surface area contributed by atoms with Crippen LogP contribution in [-0.4, -0.2) is 6.04 Å². The van der Waals surface area contributed by atoms with E-state index in [-0.39, 0.29) is 0 Å². The third-order valence-electron chi connectivity index (χ3n) is 4.93. The van der Waals surface area contributed by atoms with Crippen LogP contribution in [-0.2, 0) is 0 Å². The van der Waals surface area contributed by atoms with Crippen molar-refractivity contribution >= 4 is 0 Å². The van der Waals surface area contributed by atoms with Crippen LogP contribution in [0.1, 0.15) is 78.6 Å². The highest BCUT2D eigenvalue weighted by atomic mass is 15.2. The van der Waals surface area contributed by atoms with Gasteiger partial charge < -0.3 is 0 Å². The van der Waals surface area contributed by atoms with E-state index >= 15 is 0 Å². The largest absolute Gasteiger partial charge is 0.271 e. The van der Waals surface area contributed by atoms with Gasteiger partial charge in [0.15, 0.2) is 0 Å². The highest BCUT2D eigenvalue weighted by Gasteiger charge is 2.31. The molecule has 1 aliphatic carbocycles. The first-order valence-electron chi connectivity index (χ1n) is 8.22.